The Morgan fingerprint density at radius 1 is 1.47 bits per heavy atom. The third-order valence-electron chi connectivity index (χ3n) is 2.52. The topological polar surface area (TPSA) is 71.7 Å². The first kappa shape index (κ1) is 12.8. The molecule has 0 saturated carbocycles. The lowest BCUT2D eigenvalue weighted by Gasteiger charge is -2.23. The minimum atomic E-state index is -1.95. The number of ether oxygens (including phenoxy) is 2. The van der Waals surface area contributed by atoms with Crippen molar-refractivity contribution in [3.05, 3.63) is 48.2 Å². The molecular weight excluding hydrogens is 244 g/mol. The lowest BCUT2D eigenvalue weighted by Crippen LogP contribution is -2.41. The number of carbonyl (C=O) groups is 1. The SMILES string of the molecule is CCOC(=O)C1(C#N)N=C(c2ccccc2)C=CO1. The lowest BCUT2D eigenvalue weighted by molar-refractivity contribution is -0.159. The average molecular weight is 256 g/mol. The minimum absolute atomic E-state index is 0.158. The normalized spacial score (nSPS) is 20.9. The summed E-state index contributed by atoms with van der Waals surface area (Å²) in [4.78, 5) is 15.9. The molecule has 2 rings (SSSR count). The molecule has 0 radical (unpaired) electrons. The fourth-order valence-corrected chi connectivity index (χ4v) is 1.62. The average Bonchev–Trinajstić information content (AvgIpc) is 2.48. The van der Waals surface area contributed by atoms with E-state index in [4.69, 9.17) is 9.47 Å². The number of hydrogen-bond acceptors (Lipinski definition) is 5. The number of allylic oxidation sites excluding steroid dienone is 1. The number of aliphatic imine (C=N–C) groups is 1. The molecule has 0 amide bonds. The summed E-state index contributed by atoms with van der Waals surface area (Å²) in [5.74, 6) is -0.810. The molecule has 1 aromatic carbocycles. The van der Waals surface area contributed by atoms with E-state index in [1.165, 1.54) is 6.26 Å². The molecule has 19 heavy (non-hydrogen) atoms. The Hall–Kier alpha value is -2.61. The van der Waals surface area contributed by atoms with Crippen molar-refractivity contribution in [1.29, 1.82) is 5.26 Å². The summed E-state index contributed by atoms with van der Waals surface area (Å²) < 4.78 is 9.91. The number of hydrogen-bond donors (Lipinski definition) is 0. The second kappa shape index (κ2) is 5.36. The van der Waals surface area contributed by atoms with Gasteiger partial charge in [-0.3, -0.25) is 0 Å². The minimum Gasteiger partial charge on any atom is -0.461 e. The van der Waals surface area contributed by atoms with Crippen LogP contribution in [0.25, 0.3) is 0 Å². The van der Waals surface area contributed by atoms with Crippen molar-refractivity contribution in [2.75, 3.05) is 6.61 Å². The fourth-order valence-electron chi connectivity index (χ4n) is 1.62. The quantitative estimate of drug-likeness (QED) is 0.773. The van der Waals surface area contributed by atoms with Crippen molar-refractivity contribution < 1.29 is 14.3 Å². The molecule has 1 atom stereocenters. The predicted molar refractivity (Wildman–Crippen MR) is 68.2 cm³/mol. The molecule has 0 bridgehead atoms. The molecule has 1 unspecified atom stereocenters. The molecule has 0 aromatic heterocycles. The van der Waals surface area contributed by atoms with Gasteiger partial charge >= 0.3 is 11.7 Å². The van der Waals surface area contributed by atoms with E-state index in [9.17, 15) is 10.1 Å². The molecule has 1 aliphatic rings. The molecule has 1 aromatic rings. The summed E-state index contributed by atoms with van der Waals surface area (Å²) in [7, 11) is 0. The maximum absolute atomic E-state index is 11.8. The van der Waals surface area contributed by atoms with Crippen LogP contribution >= 0.6 is 0 Å². The number of rotatable bonds is 3. The van der Waals surface area contributed by atoms with Crippen molar-refractivity contribution in [2.45, 2.75) is 12.6 Å². The van der Waals surface area contributed by atoms with Gasteiger partial charge in [-0.05, 0) is 18.6 Å². The molecule has 0 saturated heterocycles. The van der Waals surface area contributed by atoms with Crippen LogP contribution < -0.4 is 0 Å². The Morgan fingerprint density at radius 3 is 2.84 bits per heavy atom. The Labute approximate surface area is 110 Å². The summed E-state index contributed by atoms with van der Waals surface area (Å²) >= 11 is 0. The van der Waals surface area contributed by atoms with Gasteiger partial charge in [0.05, 0.1) is 18.6 Å². The Kier molecular flexibility index (Phi) is 3.62. The third-order valence-corrected chi connectivity index (χ3v) is 2.52. The van der Waals surface area contributed by atoms with E-state index in [-0.39, 0.29) is 6.61 Å². The maximum atomic E-state index is 11.8. The predicted octanol–water partition coefficient (Wildman–Crippen LogP) is 1.80. The van der Waals surface area contributed by atoms with Crippen LogP contribution in [0.5, 0.6) is 0 Å². The fraction of sp³-hybridized carbons (Fsp3) is 0.214. The van der Waals surface area contributed by atoms with E-state index in [1.807, 2.05) is 30.3 Å². The van der Waals surface area contributed by atoms with Crippen LogP contribution in [0.1, 0.15) is 12.5 Å². The monoisotopic (exact) mass is 256 g/mol. The maximum Gasteiger partial charge on any atom is 0.390 e. The van der Waals surface area contributed by atoms with Gasteiger partial charge in [-0.1, -0.05) is 30.3 Å². The van der Waals surface area contributed by atoms with Crippen molar-refractivity contribution in [3.63, 3.8) is 0 Å². The highest BCUT2D eigenvalue weighted by atomic mass is 16.6. The molecule has 1 aliphatic heterocycles. The summed E-state index contributed by atoms with van der Waals surface area (Å²) in [5.41, 5.74) is -0.650. The van der Waals surface area contributed by atoms with E-state index < -0.39 is 11.7 Å². The van der Waals surface area contributed by atoms with E-state index in [1.54, 1.807) is 19.1 Å². The highest BCUT2D eigenvalue weighted by Crippen LogP contribution is 2.21. The number of nitrogens with zero attached hydrogens (tertiary/aromatic N) is 2. The van der Waals surface area contributed by atoms with E-state index in [2.05, 4.69) is 4.99 Å². The van der Waals surface area contributed by atoms with Gasteiger partial charge in [0.25, 0.3) is 0 Å². The largest absolute Gasteiger partial charge is 0.461 e. The van der Waals surface area contributed by atoms with E-state index in [0.717, 1.165) is 5.56 Å². The first-order valence-electron chi connectivity index (χ1n) is 5.80. The first-order chi connectivity index (χ1) is 9.22. The summed E-state index contributed by atoms with van der Waals surface area (Å²) in [6.07, 6.45) is 2.89. The number of benzene rings is 1. The van der Waals surface area contributed by atoms with Crippen LogP contribution in [0.3, 0.4) is 0 Å². The third kappa shape index (κ3) is 2.47. The molecule has 0 N–H and O–H groups in total. The molecule has 5 heteroatoms. The summed E-state index contributed by atoms with van der Waals surface area (Å²) in [6, 6.07) is 11.0. The van der Waals surface area contributed by atoms with Crippen LogP contribution in [-0.4, -0.2) is 24.0 Å². The molecule has 5 nitrogen and oxygen atoms in total. The van der Waals surface area contributed by atoms with Gasteiger partial charge in [0.2, 0.25) is 0 Å². The van der Waals surface area contributed by atoms with Crippen LogP contribution in [0.4, 0.5) is 0 Å². The van der Waals surface area contributed by atoms with Crippen molar-refractivity contribution in [1.82, 2.24) is 0 Å². The van der Waals surface area contributed by atoms with Crippen molar-refractivity contribution in [2.24, 2.45) is 4.99 Å². The smallest absolute Gasteiger partial charge is 0.390 e. The Balaban J connectivity index is 2.39. The summed E-state index contributed by atoms with van der Waals surface area (Å²) in [6.45, 7) is 1.81. The van der Waals surface area contributed by atoms with Crippen LogP contribution in [0.2, 0.25) is 0 Å². The highest BCUT2D eigenvalue weighted by Gasteiger charge is 2.44. The van der Waals surface area contributed by atoms with Gasteiger partial charge in [-0.2, -0.15) is 5.26 Å². The van der Waals surface area contributed by atoms with E-state index in [0.29, 0.717) is 5.71 Å². The van der Waals surface area contributed by atoms with Crippen LogP contribution in [-0.2, 0) is 14.3 Å². The zero-order valence-electron chi connectivity index (χ0n) is 10.4. The zero-order valence-corrected chi connectivity index (χ0v) is 10.4. The molecule has 96 valence electrons. The van der Waals surface area contributed by atoms with Gasteiger partial charge < -0.3 is 9.47 Å². The zero-order chi connectivity index (χ0) is 13.7. The van der Waals surface area contributed by atoms with Crippen molar-refractivity contribution >= 4 is 11.7 Å². The lowest BCUT2D eigenvalue weighted by atomic mass is 10.1. The van der Waals surface area contributed by atoms with Crippen molar-refractivity contribution in [3.8, 4) is 6.07 Å². The van der Waals surface area contributed by atoms with Crippen LogP contribution in [0, 0.1) is 11.3 Å². The molecule has 0 fully saturated rings. The van der Waals surface area contributed by atoms with Gasteiger partial charge in [0.15, 0.2) is 0 Å². The number of nitriles is 1. The van der Waals surface area contributed by atoms with Gasteiger partial charge in [0.1, 0.15) is 6.07 Å². The standard InChI is InChI=1S/C14H12N2O3/c1-2-18-13(17)14(10-15)16-12(8-9-19-14)11-6-4-3-5-7-11/h3-9H,2H2,1H3. The first-order valence-corrected chi connectivity index (χ1v) is 5.80. The summed E-state index contributed by atoms with van der Waals surface area (Å²) in [5, 5.41) is 9.19. The Bertz CT molecular complexity index is 572. The molecule has 0 aliphatic carbocycles. The molecular formula is C14H12N2O3. The molecule has 1 heterocycles. The number of carbonyl (C=O) groups excluding carboxylic acids is 1. The second-order valence-corrected chi connectivity index (χ2v) is 3.76. The number of esters is 1. The van der Waals surface area contributed by atoms with E-state index >= 15 is 0 Å². The van der Waals surface area contributed by atoms with Gasteiger partial charge in [-0.15, -0.1) is 0 Å². The van der Waals surface area contributed by atoms with Crippen LogP contribution in [0.15, 0.2) is 47.7 Å². The highest BCUT2D eigenvalue weighted by molar-refractivity contribution is 6.10. The van der Waals surface area contributed by atoms with Gasteiger partial charge in [0, 0.05) is 0 Å². The second-order valence-electron chi connectivity index (χ2n) is 3.76. The Morgan fingerprint density at radius 2 is 2.21 bits per heavy atom. The molecule has 0 spiro atoms. The van der Waals surface area contributed by atoms with Gasteiger partial charge in [-0.25, -0.2) is 9.79 Å².